The first-order valence-electron chi connectivity index (χ1n) is 5.26. The Morgan fingerprint density at radius 2 is 2.00 bits per heavy atom. The number of halogens is 4. The lowest BCUT2D eigenvalue weighted by Crippen LogP contribution is -2.19. The van der Waals surface area contributed by atoms with Gasteiger partial charge in [0.05, 0.1) is 0 Å². The molecule has 0 amide bonds. The van der Waals surface area contributed by atoms with E-state index < -0.39 is 17.7 Å². The van der Waals surface area contributed by atoms with Crippen LogP contribution in [-0.4, -0.2) is 14.9 Å². The highest BCUT2D eigenvalue weighted by Gasteiger charge is 2.33. The van der Waals surface area contributed by atoms with Crippen LogP contribution in [0.4, 0.5) is 23.2 Å². The highest BCUT2D eigenvalue weighted by Crippen LogP contribution is 2.28. The van der Waals surface area contributed by atoms with E-state index >= 15 is 0 Å². The standard InChI is InChI=1S/C11H8F4N4S/c12-7-5-6(17-10(16)20)1-2-8(7)19-4-3-9(18-19)11(13,14)15/h1-5H,(H3,16,17,20). The minimum absolute atomic E-state index is 0.0457. The summed E-state index contributed by atoms with van der Waals surface area (Å²) in [5.41, 5.74) is 4.31. The van der Waals surface area contributed by atoms with Gasteiger partial charge in [-0.15, -0.1) is 0 Å². The molecule has 0 aliphatic carbocycles. The van der Waals surface area contributed by atoms with Gasteiger partial charge in [-0.05, 0) is 36.5 Å². The summed E-state index contributed by atoms with van der Waals surface area (Å²) in [5, 5.41) is 5.75. The quantitative estimate of drug-likeness (QED) is 0.661. The Kier molecular flexibility index (Phi) is 3.62. The van der Waals surface area contributed by atoms with Crippen LogP contribution in [0.25, 0.3) is 5.69 Å². The predicted octanol–water partition coefficient (Wildman–Crippen LogP) is 2.69. The molecule has 1 heterocycles. The largest absolute Gasteiger partial charge is 0.435 e. The van der Waals surface area contributed by atoms with E-state index in [1.165, 1.54) is 12.1 Å². The lowest BCUT2D eigenvalue weighted by Gasteiger charge is -2.07. The third-order valence-electron chi connectivity index (χ3n) is 2.34. The maximum absolute atomic E-state index is 13.8. The molecule has 0 saturated heterocycles. The first-order valence-corrected chi connectivity index (χ1v) is 5.67. The smallest absolute Gasteiger partial charge is 0.376 e. The molecular weight excluding hydrogens is 296 g/mol. The summed E-state index contributed by atoms with van der Waals surface area (Å²) in [6.45, 7) is 0. The highest BCUT2D eigenvalue weighted by molar-refractivity contribution is 7.80. The molecule has 0 saturated carbocycles. The Balaban J connectivity index is 2.34. The van der Waals surface area contributed by atoms with Gasteiger partial charge in [-0.25, -0.2) is 9.07 Å². The summed E-state index contributed by atoms with van der Waals surface area (Å²) in [4.78, 5) is 0. The van der Waals surface area contributed by atoms with Crippen molar-refractivity contribution in [3.63, 3.8) is 0 Å². The molecule has 2 aromatic rings. The number of nitrogens with one attached hydrogen (secondary N) is 1. The second kappa shape index (κ2) is 5.08. The van der Waals surface area contributed by atoms with E-state index in [1.54, 1.807) is 0 Å². The van der Waals surface area contributed by atoms with Gasteiger partial charge in [0, 0.05) is 11.9 Å². The van der Waals surface area contributed by atoms with E-state index in [0.29, 0.717) is 5.69 Å². The van der Waals surface area contributed by atoms with Gasteiger partial charge in [0.2, 0.25) is 0 Å². The first-order chi connectivity index (χ1) is 9.27. The molecule has 9 heteroatoms. The number of nitrogens with two attached hydrogens (primary N) is 1. The van der Waals surface area contributed by atoms with Crippen molar-refractivity contribution < 1.29 is 17.6 Å². The summed E-state index contributed by atoms with van der Waals surface area (Å²) >= 11 is 4.59. The highest BCUT2D eigenvalue weighted by atomic mass is 32.1. The zero-order valence-corrected chi connectivity index (χ0v) is 10.6. The lowest BCUT2D eigenvalue weighted by atomic mass is 10.2. The number of alkyl halides is 3. The van der Waals surface area contributed by atoms with Gasteiger partial charge in [-0.2, -0.15) is 18.3 Å². The normalized spacial score (nSPS) is 11.4. The molecule has 0 unspecified atom stereocenters. The molecule has 0 aliphatic rings. The molecule has 20 heavy (non-hydrogen) atoms. The van der Waals surface area contributed by atoms with Gasteiger partial charge < -0.3 is 11.1 Å². The van der Waals surface area contributed by atoms with E-state index in [1.807, 2.05) is 0 Å². The van der Waals surface area contributed by atoms with Crippen molar-refractivity contribution in [3.05, 3.63) is 42.0 Å². The molecular formula is C11H8F4N4S. The molecule has 0 atom stereocenters. The van der Waals surface area contributed by atoms with Gasteiger partial charge in [0.25, 0.3) is 0 Å². The number of rotatable bonds is 2. The minimum Gasteiger partial charge on any atom is -0.376 e. The lowest BCUT2D eigenvalue weighted by molar-refractivity contribution is -0.141. The van der Waals surface area contributed by atoms with E-state index in [9.17, 15) is 17.6 Å². The Morgan fingerprint density at radius 1 is 1.30 bits per heavy atom. The summed E-state index contributed by atoms with van der Waals surface area (Å²) in [6, 6.07) is 4.51. The Morgan fingerprint density at radius 3 is 2.50 bits per heavy atom. The van der Waals surface area contributed by atoms with E-state index in [0.717, 1.165) is 23.0 Å². The molecule has 0 bridgehead atoms. The molecule has 0 aliphatic heterocycles. The number of hydrogen-bond donors (Lipinski definition) is 2. The van der Waals surface area contributed by atoms with Crippen molar-refractivity contribution in [2.45, 2.75) is 6.18 Å². The molecule has 1 aromatic heterocycles. The number of hydrogen-bond acceptors (Lipinski definition) is 2. The zero-order chi connectivity index (χ0) is 14.9. The molecule has 3 N–H and O–H groups in total. The number of thiocarbonyl (C=S) groups is 1. The third kappa shape index (κ3) is 3.05. The van der Waals surface area contributed by atoms with Crippen LogP contribution >= 0.6 is 12.2 Å². The number of aromatic nitrogens is 2. The van der Waals surface area contributed by atoms with E-state index in [2.05, 4.69) is 22.6 Å². The summed E-state index contributed by atoms with van der Waals surface area (Å²) < 4.78 is 51.9. The molecule has 1 aromatic carbocycles. The van der Waals surface area contributed by atoms with Crippen LogP contribution < -0.4 is 11.1 Å². The second-order valence-corrected chi connectivity index (χ2v) is 4.24. The average Bonchev–Trinajstić information content (AvgIpc) is 2.77. The molecule has 0 spiro atoms. The van der Waals surface area contributed by atoms with Crippen LogP contribution in [-0.2, 0) is 6.18 Å². The number of benzene rings is 1. The molecule has 2 rings (SSSR count). The molecule has 4 nitrogen and oxygen atoms in total. The van der Waals surface area contributed by atoms with Crippen molar-refractivity contribution in [1.82, 2.24) is 9.78 Å². The fraction of sp³-hybridized carbons (Fsp3) is 0.0909. The van der Waals surface area contributed by atoms with Gasteiger partial charge >= 0.3 is 6.18 Å². The topological polar surface area (TPSA) is 55.9 Å². The Bertz CT molecular complexity index is 650. The number of anilines is 1. The van der Waals surface area contributed by atoms with Crippen LogP contribution in [0.5, 0.6) is 0 Å². The van der Waals surface area contributed by atoms with E-state index in [4.69, 9.17) is 5.73 Å². The fourth-order valence-corrected chi connectivity index (χ4v) is 1.64. The van der Waals surface area contributed by atoms with Crippen LogP contribution in [0.2, 0.25) is 0 Å². The maximum atomic E-state index is 13.8. The Labute approximate surface area is 116 Å². The van der Waals surface area contributed by atoms with Crippen LogP contribution in [0.15, 0.2) is 30.5 Å². The molecule has 0 radical (unpaired) electrons. The fourth-order valence-electron chi connectivity index (χ4n) is 1.52. The first kappa shape index (κ1) is 14.3. The minimum atomic E-state index is -4.57. The van der Waals surface area contributed by atoms with Gasteiger partial charge in [0.15, 0.2) is 16.6 Å². The predicted molar refractivity (Wildman–Crippen MR) is 68.9 cm³/mol. The SMILES string of the molecule is NC(=S)Nc1ccc(-n2ccc(C(F)(F)F)n2)c(F)c1. The second-order valence-electron chi connectivity index (χ2n) is 3.80. The van der Waals surface area contributed by atoms with Gasteiger partial charge in [-0.3, -0.25) is 0 Å². The summed E-state index contributed by atoms with van der Waals surface area (Å²) in [5.74, 6) is -0.761. The van der Waals surface area contributed by atoms with Crippen LogP contribution in [0.3, 0.4) is 0 Å². The zero-order valence-electron chi connectivity index (χ0n) is 9.78. The van der Waals surface area contributed by atoms with E-state index in [-0.39, 0.29) is 10.8 Å². The van der Waals surface area contributed by atoms with Gasteiger partial charge in [0.1, 0.15) is 5.69 Å². The van der Waals surface area contributed by atoms with Crippen LogP contribution in [0.1, 0.15) is 5.69 Å². The maximum Gasteiger partial charge on any atom is 0.435 e. The third-order valence-corrected chi connectivity index (χ3v) is 2.44. The van der Waals surface area contributed by atoms with Crippen molar-refractivity contribution in [2.24, 2.45) is 5.73 Å². The van der Waals surface area contributed by atoms with Crippen molar-refractivity contribution in [1.29, 1.82) is 0 Å². The van der Waals surface area contributed by atoms with Crippen molar-refractivity contribution >= 4 is 23.0 Å². The van der Waals surface area contributed by atoms with Crippen LogP contribution in [0, 0.1) is 5.82 Å². The molecule has 0 fully saturated rings. The van der Waals surface area contributed by atoms with Crippen molar-refractivity contribution in [2.75, 3.05) is 5.32 Å². The summed E-state index contributed by atoms with van der Waals surface area (Å²) in [6.07, 6.45) is -3.54. The van der Waals surface area contributed by atoms with Crippen molar-refractivity contribution in [3.8, 4) is 5.69 Å². The Hall–Kier alpha value is -2.16. The number of nitrogens with zero attached hydrogens (tertiary/aromatic N) is 2. The summed E-state index contributed by atoms with van der Waals surface area (Å²) in [7, 11) is 0. The monoisotopic (exact) mass is 304 g/mol. The average molecular weight is 304 g/mol. The van der Waals surface area contributed by atoms with Gasteiger partial charge in [-0.1, -0.05) is 0 Å². The molecule has 106 valence electrons.